The van der Waals surface area contributed by atoms with Crippen LogP contribution in [-0.2, 0) is 6.61 Å². The van der Waals surface area contributed by atoms with Crippen LogP contribution < -0.4 is 15.4 Å². The van der Waals surface area contributed by atoms with E-state index in [9.17, 15) is 9.90 Å². The molecule has 0 radical (unpaired) electrons. The van der Waals surface area contributed by atoms with Crippen molar-refractivity contribution in [1.29, 1.82) is 0 Å². The summed E-state index contributed by atoms with van der Waals surface area (Å²) in [4.78, 5) is 12.1. The number of amides is 1. The van der Waals surface area contributed by atoms with E-state index in [1.807, 2.05) is 24.3 Å². The van der Waals surface area contributed by atoms with Crippen LogP contribution in [0.1, 0.15) is 34.5 Å². The first-order valence-corrected chi connectivity index (χ1v) is 7.99. The van der Waals surface area contributed by atoms with Crippen LogP contribution in [0.2, 0.25) is 0 Å². The average Bonchev–Trinajstić information content (AvgIpc) is 2.64. The van der Waals surface area contributed by atoms with Gasteiger partial charge in [-0.15, -0.1) is 0 Å². The molecule has 1 amide bonds. The summed E-state index contributed by atoms with van der Waals surface area (Å²) in [5, 5.41) is 15.4. The number of methoxy groups -OCH3 is 1. The Hall–Kier alpha value is -2.37. The molecule has 1 unspecified atom stereocenters. The van der Waals surface area contributed by atoms with Gasteiger partial charge < -0.3 is 20.5 Å². The van der Waals surface area contributed by atoms with Gasteiger partial charge in [0, 0.05) is 24.7 Å². The minimum atomic E-state index is -0.120. The Morgan fingerprint density at radius 1 is 1.17 bits per heavy atom. The Labute approximate surface area is 142 Å². The number of carbonyl (C=O) groups excluding carboxylic acids is 1. The van der Waals surface area contributed by atoms with Crippen LogP contribution in [0.15, 0.2) is 48.5 Å². The van der Waals surface area contributed by atoms with Crippen molar-refractivity contribution < 1.29 is 14.6 Å². The lowest BCUT2D eigenvalue weighted by atomic mass is 10.1. The number of hydrogen-bond acceptors (Lipinski definition) is 4. The highest BCUT2D eigenvalue weighted by atomic mass is 16.5. The van der Waals surface area contributed by atoms with Gasteiger partial charge in [-0.3, -0.25) is 4.79 Å². The lowest BCUT2D eigenvalue weighted by Crippen LogP contribution is -2.33. The molecule has 0 aliphatic carbocycles. The van der Waals surface area contributed by atoms with Gasteiger partial charge in [0.05, 0.1) is 13.7 Å². The minimum absolute atomic E-state index is 0.0388. The molecule has 5 nitrogen and oxygen atoms in total. The Kier molecular flexibility index (Phi) is 6.78. The maximum atomic E-state index is 12.1. The van der Waals surface area contributed by atoms with Gasteiger partial charge in [-0.2, -0.15) is 0 Å². The van der Waals surface area contributed by atoms with Gasteiger partial charge in [0.2, 0.25) is 0 Å². The van der Waals surface area contributed by atoms with Crippen molar-refractivity contribution in [2.45, 2.75) is 19.6 Å². The van der Waals surface area contributed by atoms with E-state index in [2.05, 4.69) is 17.6 Å². The number of aliphatic hydroxyl groups is 1. The first-order chi connectivity index (χ1) is 11.6. The maximum absolute atomic E-state index is 12.1. The molecule has 0 heterocycles. The van der Waals surface area contributed by atoms with Crippen molar-refractivity contribution in [3.8, 4) is 5.75 Å². The second-order valence-electron chi connectivity index (χ2n) is 5.57. The Bertz CT molecular complexity index is 673. The summed E-state index contributed by atoms with van der Waals surface area (Å²) in [6, 6.07) is 15.0. The van der Waals surface area contributed by atoms with Crippen molar-refractivity contribution in [3.63, 3.8) is 0 Å². The third-order valence-corrected chi connectivity index (χ3v) is 3.83. The van der Waals surface area contributed by atoms with Crippen LogP contribution in [0, 0.1) is 0 Å². The molecule has 0 bridgehead atoms. The van der Waals surface area contributed by atoms with Crippen molar-refractivity contribution in [2.75, 3.05) is 20.2 Å². The molecule has 128 valence electrons. The normalized spacial score (nSPS) is 11.8. The van der Waals surface area contributed by atoms with Crippen LogP contribution in [0.25, 0.3) is 0 Å². The standard InChI is InChI=1S/C19H24N2O3/c1-14(16-6-3-5-15(11-16)13-22)20-9-10-21-19(23)17-7-4-8-18(12-17)24-2/h3-8,11-12,14,20,22H,9-10,13H2,1-2H3,(H,21,23). The molecule has 0 spiro atoms. The van der Waals surface area contributed by atoms with Crippen LogP contribution in [0.5, 0.6) is 5.75 Å². The molecule has 2 aromatic carbocycles. The lowest BCUT2D eigenvalue weighted by molar-refractivity contribution is 0.0953. The molecule has 0 saturated carbocycles. The number of carbonyl (C=O) groups is 1. The number of hydrogen-bond donors (Lipinski definition) is 3. The van der Waals surface area contributed by atoms with Gasteiger partial charge >= 0.3 is 0 Å². The smallest absolute Gasteiger partial charge is 0.251 e. The highest BCUT2D eigenvalue weighted by molar-refractivity contribution is 5.94. The van der Waals surface area contributed by atoms with Gasteiger partial charge in [0.25, 0.3) is 5.91 Å². The summed E-state index contributed by atoms with van der Waals surface area (Å²) in [6.07, 6.45) is 0. The zero-order chi connectivity index (χ0) is 17.4. The van der Waals surface area contributed by atoms with E-state index in [0.29, 0.717) is 24.4 Å². The molecule has 3 N–H and O–H groups in total. The molecule has 0 fully saturated rings. The topological polar surface area (TPSA) is 70.6 Å². The fraction of sp³-hybridized carbons (Fsp3) is 0.316. The van der Waals surface area contributed by atoms with Crippen molar-refractivity contribution in [3.05, 3.63) is 65.2 Å². The SMILES string of the molecule is COc1cccc(C(=O)NCCNC(C)c2cccc(CO)c2)c1. The van der Waals surface area contributed by atoms with Gasteiger partial charge in [-0.1, -0.05) is 30.3 Å². The molecule has 0 aromatic heterocycles. The monoisotopic (exact) mass is 328 g/mol. The Morgan fingerprint density at radius 2 is 1.96 bits per heavy atom. The quantitative estimate of drug-likeness (QED) is 0.650. The fourth-order valence-corrected chi connectivity index (χ4v) is 2.41. The minimum Gasteiger partial charge on any atom is -0.497 e. The summed E-state index contributed by atoms with van der Waals surface area (Å²) in [5.74, 6) is 0.545. The molecular weight excluding hydrogens is 304 g/mol. The molecule has 0 aliphatic rings. The molecule has 2 rings (SSSR count). The van der Waals surface area contributed by atoms with E-state index in [1.165, 1.54) is 0 Å². The third kappa shape index (κ3) is 5.08. The third-order valence-electron chi connectivity index (χ3n) is 3.83. The zero-order valence-electron chi connectivity index (χ0n) is 14.1. The lowest BCUT2D eigenvalue weighted by Gasteiger charge is -2.15. The predicted molar refractivity (Wildman–Crippen MR) is 94.1 cm³/mol. The van der Waals surface area contributed by atoms with Gasteiger partial charge in [0.15, 0.2) is 0 Å². The first-order valence-electron chi connectivity index (χ1n) is 7.99. The molecule has 2 aromatic rings. The van der Waals surface area contributed by atoms with E-state index < -0.39 is 0 Å². The Morgan fingerprint density at radius 3 is 2.71 bits per heavy atom. The van der Waals surface area contributed by atoms with E-state index in [1.54, 1.807) is 31.4 Å². The average molecular weight is 328 g/mol. The van der Waals surface area contributed by atoms with Gasteiger partial charge in [-0.05, 0) is 36.2 Å². The second-order valence-corrected chi connectivity index (χ2v) is 5.57. The molecule has 1 atom stereocenters. The van der Waals surface area contributed by atoms with Crippen LogP contribution in [-0.4, -0.2) is 31.2 Å². The molecule has 0 saturated heterocycles. The first kappa shape index (κ1) is 18.0. The zero-order valence-corrected chi connectivity index (χ0v) is 14.1. The molecule has 5 heteroatoms. The van der Waals surface area contributed by atoms with Gasteiger partial charge in [-0.25, -0.2) is 0 Å². The van der Waals surface area contributed by atoms with E-state index in [4.69, 9.17) is 4.74 Å². The summed E-state index contributed by atoms with van der Waals surface area (Å²) in [5.41, 5.74) is 2.59. The Balaban J connectivity index is 1.78. The maximum Gasteiger partial charge on any atom is 0.251 e. The summed E-state index contributed by atoms with van der Waals surface area (Å²) in [7, 11) is 1.58. The van der Waals surface area contributed by atoms with Crippen LogP contribution >= 0.6 is 0 Å². The van der Waals surface area contributed by atoms with Crippen molar-refractivity contribution in [1.82, 2.24) is 10.6 Å². The molecule has 24 heavy (non-hydrogen) atoms. The van der Waals surface area contributed by atoms with Gasteiger partial charge in [0.1, 0.15) is 5.75 Å². The highest BCUT2D eigenvalue weighted by Crippen LogP contribution is 2.14. The summed E-state index contributed by atoms with van der Waals surface area (Å²) >= 11 is 0. The number of ether oxygens (including phenoxy) is 1. The van der Waals surface area contributed by atoms with E-state index in [0.717, 1.165) is 11.1 Å². The largest absolute Gasteiger partial charge is 0.497 e. The summed E-state index contributed by atoms with van der Waals surface area (Å²) in [6.45, 7) is 3.28. The number of benzene rings is 2. The molecule has 0 aliphatic heterocycles. The van der Waals surface area contributed by atoms with Crippen LogP contribution in [0.3, 0.4) is 0 Å². The van der Waals surface area contributed by atoms with Crippen molar-refractivity contribution in [2.24, 2.45) is 0 Å². The second kappa shape index (κ2) is 9.05. The fourth-order valence-electron chi connectivity index (χ4n) is 2.41. The number of rotatable bonds is 8. The highest BCUT2D eigenvalue weighted by Gasteiger charge is 2.07. The van der Waals surface area contributed by atoms with E-state index in [-0.39, 0.29) is 18.6 Å². The van der Waals surface area contributed by atoms with Crippen LogP contribution in [0.4, 0.5) is 0 Å². The number of nitrogens with one attached hydrogen (secondary N) is 2. The summed E-state index contributed by atoms with van der Waals surface area (Å²) < 4.78 is 5.12. The predicted octanol–water partition coefficient (Wildman–Crippen LogP) is 2.27. The van der Waals surface area contributed by atoms with Crippen molar-refractivity contribution >= 4 is 5.91 Å². The number of aliphatic hydroxyl groups excluding tert-OH is 1. The molecular formula is C19H24N2O3. The van der Waals surface area contributed by atoms with E-state index >= 15 is 0 Å².